The van der Waals surface area contributed by atoms with Crippen molar-refractivity contribution in [2.24, 2.45) is 5.92 Å². The smallest absolute Gasteiger partial charge is 0.227 e. The number of halogens is 1. The summed E-state index contributed by atoms with van der Waals surface area (Å²) >= 11 is 5.76. The molecule has 1 amide bonds. The molecule has 1 aromatic rings. The number of carbonyl (C=O) groups excluding carboxylic acids is 1. The van der Waals surface area contributed by atoms with Gasteiger partial charge in [0.15, 0.2) is 0 Å². The normalized spacial score (nSPS) is 19.9. The number of anilines is 1. The first-order valence-electron chi connectivity index (χ1n) is 5.11. The van der Waals surface area contributed by atoms with E-state index in [1.807, 2.05) is 6.07 Å². The van der Waals surface area contributed by atoms with E-state index in [0.717, 1.165) is 0 Å². The largest absolute Gasteiger partial charge is 0.311 e. The number of amides is 1. The van der Waals surface area contributed by atoms with Gasteiger partial charge in [-0.2, -0.15) is 5.26 Å². The number of para-hydroxylation sites is 1. The van der Waals surface area contributed by atoms with E-state index in [1.54, 1.807) is 23.1 Å². The van der Waals surface area contributed by atoms with Gasteiger partial charge in [-0.25, -0.2) is 0 Å². The zero-order chi connectivity index (χ0) is 11.5. The molecular formula is C12H11ClN2O. The topological polar surface area (TPSA) is 44.1 Å². The summed E-state index contributed by atoms with van der Waals surface area (Å²) in [7, 11) is 0. The molecule has 0 aliphatic carbocycles. The summed E-state index contributed by atoms with van der Waals surface area (Å²) in [6.07, 6.45) is 0.475. The molecule has 82 valence electrons. The molecule has 0 bridgehead atoms. The van der Waals surface area contributed by atoms with Crippen LogP contribution in [-0.4, -0.2) is 18.3 Å². The molecule has 1 saturated heterocycles. The van der Waals surface area contributed by atoms with Gasteiger partial charge in [-0.1, -0.05) is 12.1 Å². The fraction of sp³-hybridized carbons (Fsp3) is 0.333. The van der Waals surface area contributed by atoms with Gasteiger partial charge >= 0.3 is 0 Å². The Morgan fingerprint density at radius 3 is 2.88 bits per heavy atom. The molecule has 0 spiro atoms. The highest BCUT2D eigenvalue weighted by Gasteiger charge is 2.30. The van der Waals surface area contributed by atoms with Crippen molar-refractivity contribution in [3.05, 3.63) is 29.8 Å². The Balaban J connectivity index is 2.32. The molecule has 1 heterocycles. The van der Waals surface area contributed by atoms with Gasteiger partial charge in [-0.15, -0.1) is 11.6 Å². The Kier molecular flexibility index (Phi) is 3.12. The van der Waals surface area contributed by atoms with Crippen LogP contribution in [-0.2, 0) is 4.79 Å². The number of carbonyl (C=O) groups is 1. The maximum absolute atomic E-state index is 11.8. The molecule has 1 aromatic carbocycles. The van der Waals surface area contributed by atoms with Gasteiger partial charge in [0.05, 0.1) is 11.3 Å². The molecule has 1 fully saturated rings. The lowest BCUT2D eigenvalue weighted by molar-refractivity contribution is -0.117. The minimum atomic E-state index is 0.0494. The molecule has 0 saturated carbocycles. The maximum Gasteiger partial charge on any atom is 0.227 e. The predicted octanol–water partition coefficient (Wildman–Crippen LogP) is 2.15. The quantitative estimate of drug-likeness (QED) is 0.736. The van der Waals surface area contributed by atoms with Crippen LogP contribution in [0.4, 0.5) is 5.69 Å². The Labute approximate surface area is 99.2 Å². The van der Waals surface area contributed by atoms with Crippen LogP contribution < -0.4 is 4.90 Å². The highest BCUT2D eigenvalue weighted by molar-refractivity contribution is 6.18. The summed E-state index contributed by atoms with van der Waals surface area (Å²) < 4.78 is 0. The van der Waals surface area contributed by atoms with Crippen LogP contribution in [0.15, 0.2) is 24.3 Å². The van der Waals surface area contributed by atoms with Crippen LogP contribution in [0, 0.1) is 17.2 Å². The van der Waals surface area contributed by atoms with E-state index in [4.69, 9.17) is 16.9 Å². The van der Waals surface area contributed by atoms with Gasteiger partial charge in [0.1, 0.15) is 6.07 Å². The number of nitriles is 1. The van der Waals surface area contributed by atoms with Crippen molar-refractivity contribution in [1.29, 1.82) is 5.26 Å². The third-order valence-electron chi connectivity index (χ3n) is 2.74. The molecule has 16 heavy (non-hydrogen) atoms. The van der Waals surface area contributed by atoms with E-state index in [2.05, 4.69) is 6.07 Å². The van der Waals surface area contributed by atoms with Crippen LogP contribution in [0.1, 0.15) is 12.0 Å². The molecule has 0 radical (unpaired) electrons. The monoisotopic (exact) mass is 234 g/mol. The van der Waals surface area contributed by atoms with Crippen LogP contribution in [0.25, 0.3) is 0 Å². The minimum Gasteiger partial charge on any atom is -0.311 e. The molecule has 1 aliphatic heterocycles. The Hall–Kier alpha value is -1.53. The van der Waals surface area contributed by atoms with Gasteiger partial charge in [-0.05, 0) is 18.1 Å². The van der Waals surface area contributed by atoms with Crippen molar-refractivity contribution in [3.8, 4) is 6.07 Å². The van der Waals surface area contributed by atoms with Crippen molar-refractivity contribution in [2.45, 2.75) is 6.42 Å². The van der Waals surface area contributed by atoms with Crippen LogP contribution in [0.2, 0.25) is 0 Å². The summed E-state index contributed by atoms with van der Waals surface area (Å²) in [5.41, 5.74) is 1.23. The molecule has 0 aromatic heterocycles. The molecule has 1 aliphatic rings. The predicted molar refractivity (Wildman–Crippen MR) is 62.3 cm³/mol. The molecule has 4 heteroatoms. The average Bonchev–Trinajstić information content (AvgIpc) is 2.70. The Morgan fingerprint density at radius 2 is 2.25 bits per heavy atom. The number of rotatable bonds is 2. The molecule has 0 N–H and O–H groups in total. The summed E-state index contributed by atoms with van der Waals surface area (Å²) in [5, 5.41) is 8.97. The van der Waals surface area contributed by atoms with Crippen molar-refractivity contribution < 1.29 is 4.79 Å². The van der Waals surface area contributed by atoms with Crippen LogP contribution >= 0.6 is 11.6 Å². The lowest BCUT2D eigenvalue weighted by Crippen LogP contribution is -2.25. The van der Waals surface area contributed by atoms with Crippen LogP contribution in [0.5, 0.6) is 0 Å². The average molecular weight is 235 g/mol. The van der Waals surface area contributed by atoms with E-state index in [1.165, 1.54) is 0 Å². The minimum absolute atomic E-state index is 0.0494. The van der Waals surface area contributed by atoms with E-state index in [9.17, 15) is 4.79 Å². The molecule has 2 rings (SSSR count). The maximum atomic E-state index is 11.8. The third-order valence-corrected chi connectivity index (χ3v) is 3.18. The number of alkyl halides is 1. The van der Waals surface area contributed by atoms with Gasteiger partial charge in [0, 0.05) is 18.8 Å². The van der Waals surface area contributed by atoms with E-state index in [-0.39, 0.29) is 11.8 Å². The standard InChI is InChI=1S/C12H11ClN2O/c13-6-9-5-12(16)15(8-9)11-4-2-1-3-10(11)7-14/h1-4,9H,5-6,8H2. The molecule has 1 unspecified atom stereocenters. The highest BCUT2D eigenvalue weighted by atomic mass is 35.5. The SMILES string of the molecule is N#Cc1ccccc1N1CC(CCl)CC1=O. The molecule has 1 atom stereocenters. The summed E-state index contributed by atoms with van der Waals surface area (Å²) in [6.45, 7) is 0.612. The molecular weight excluding hydrogens is 224 g/mol. The highest BCUT2D eigenvalue weighted by Crippen LogP contribution is 2.28. The second-order valence-corrected chi connectivity index (χ2v) is 4.17. The first-order chi connectivity index (χ1) is 7.76. The second-order valence-electron chi connectivity index (χ2n) is 3.86. The van der Waals surface area contributed by atoms with Crippen molar-refractivity contribution in [2.75, 3.05) is 17.3 Å². The van der Waals surface area contributed by atoms with E-state index >= 15 is 0 Å². The number of hydrogen-bond acceptors (Lipinski definition) is 2. The fourth-order valence-corrected chi connectivity index (χ4v) is 2.13. The van der Waals surface area contributed by atoms with Gasteiger partial charge in [0.25, 0.3) is 0 Å². The third kappa shape index (κ3) is 1.89. The van der Waals surface area contributed by atoms with Gasteiger partial charge in [-0.3, -0.25) is 4.79 Å². The Bertz CT molecular complexity index is 453. The molecule has 3 nitrogen and oxygen atoms in total. The summed E-state index contributed by atoms with van der Waals surface area (Å²) in [6, 6.07) is 9.24. The fourth-order valence-electron chi connectivity index (χ4n) is 1.92. The van der Waals surface area contributed by atoms with Crippen LogP contribution in [0.3, 0.4) is 0 Å². The van der Waals surface area contributed by atoms with Gasteiger partial charge in [0.2, 0.25) is 5.91 Å². The lowest BCUT2D eigenvalue weighted by atomic mass is 10.1. The number of nitrogens with zero attached hydrogens (tertiary/aromatic N) is 2. The second kappa shape index (κ2) is 4.54. The number of benzene rings is 1. The van der Waals surface area contributed by atoms with E-state index in [0.29, 0.717) is 30.1 Å². The van der Waals surface area contributed by atoms with Crippen molar-refractivity contribution in [3.63, 3.8) is 0 Å². The number of hydrogen-bond donors (Lipinski definition) is 0. The first kappa shape index (κ1) is 11.0. The Morgan fingerprint density at radius 1 is 1.50 bits per heavy atom. The van der Waals surface area contributed by atoms with Crippen molar-refractivity contribution in [1.82, 2.24) is 0 Å². The van der Waals surface area contributed by atoms with E-state index < -0.39 is 0 Å². The van der Waals surface area contributed by atoms with Crippen molar-refractivity contribution >= 4 is 23.2 Å². The zero-order valence-corrected chi connectivity index (χ0v) is 9.44. The first-order valence-corrected chi connectivity index (χ1v) is 5.65. The van der Waals surface area contributed by atoms with Gasteiger partial charge < -0.3 is 4.90 Å². The summed E-state index contributed by atoms with van der Waals surface area (Å²) in [5.74, 6) is 0.728. The zero-order valence-electron chi connectivity index (χ0n) is 8.69. The lowest BCUT2D eigenvalue weighted by Gasteiger charge is -2.17. The summed E-state index contributed by atoms with van der Waals surface area (Å²) in [4.78, 5) is 13.4.